The normalized spacial score (nSPS) is 7.71. The van der Waals surface area contributed by atoms with Gasteiger partial charge in [-0.15, -0.1) is 0 Å². The molecule has 0 saturated carbocycles. The summed E-state index contributed by atoms with van der Waals surface area (Å²) >= 11 is 5.96. The Morgan fingerprint density at radius 2 is 1.12 bits per heavy atom. The van der Waals surface area contributed by atoms with Crippen LogP contribution < -0.4 is 0 Å². The summed E-state index contributed by atoms with van der Waals surface area (Å²) in [4.78, 5) is 0. The van der Waals surface area contributed by atoms with E-state index in [1.807, 2.05) is 71.9 Å². The maximum atomic E-state index is 5.96. The van der Waals surface area contributed by atoms with Crippen LogP contribution in [-0.2, 0) is 0 Å². The fourth-order valence-corrected chi connectivity index (χ4v) is 1.43. The second-order valence-electron chi connectivity index (χ2n) is 2.46. The van der Waals surface area contributed by atoms with Gasteiger partial charge in [-0.05, 0) is 11.5 Å². The number of benzene rings is 2. The van der Waals surface area contributed by atoms with E-state index >= 15 is 0 Å². The average Bonchev–Trinajstić information content (AvgIpc) is 2.46. The quantitative estimate of drug-likeness (QED) is 0.497. The van der Waals surface area contributed by atoms with Gasteiger partial charge in [0.2, 0.25) is 0 Å². The van der Waals surface area contributed by atoms with Crippen molar-refractivity contribution in [2.24, 2.45) is 0 Å². The minimum absolute atomic E-state index is 0.822. The van der Waals surface area contributed by atoms with E-state index in [2.05, 4.69) is 12.1 Å². The molecule has 0 heterocycles. The van der Waals surface area contributed by atoms with Gasteiger partial charge in [0.1, 0.15) is 0 Å². The molecule has 17 heavy (non-hydrogen) atoms. The highest BCUT2D eigenvalue weighted by molar-refractivity contribution is 6.35. The predicted octanol–water partition coefficient (Wildman–Crippen LogP) is 6.57. The first-order chi connectivity index (χ1) is 8.38. The van der Waals surface area contributed by atoms with Crippen molar-refractivity contribution in [1.29, 1.82) is 0 Å². The summed E-state index contributed by atoms with van der Waals surface area (Å²) in [5.41, 5.74) is 0. The third-order valence-corrected chi connectivity index (χ3v) is 2.07. The van der Waals surface area contributed by atoms with Gasteiger partial charge in [-0.1, -0.05) is 89.5 Å². The smallest absolute Gasteiger partial charge is 0.0484 e. The van der Waals surface area contributed by atoms with E-state index in [4.69, 9.17) is 11.6 Å². The van der Waals surface area contributed by atoms with Crippen LogP contribution >= 0.6 is 11.6 Å². The monoisotopic (exact) mass is 252 g/mol. The molecule has 0 aliphatic rings. The third-order valence-electron chi connectivity index (χ3n) is 1.74. The number of halogens is 1. The Morgan fingerprint density at radius 1 is 0.647 bits per heavy atom. The second-order valence-corrected chi connectivity index (χ2v) is 2.87. The molecule has 96 valence electrons. The highest BCUT2D eigenvalue weighted by Gasteiger charge is 1.93. The van der Waals surface area contributed by atoms with E-state index in [1.54, 1.807) is 0 Å². The fourth-order valence-electron chi connectivity index (χ4n) is 1.19. The molecule has 2 aromatic carbocycles. The molecule has 2 rings (SSSR count). The lowest BCUT2D eigenvalue weighted by Crippen LogP contribution is -1.70. The molecule has 0 aliphatic carbocycles. The van der Waals surface area contributed by atoms with Crippen LogP contribution in [0, 0.1) is 0 Å². The Morgan fingerprint density at radius 3 is 1.65 bits per heavy atom. The van der Waals surface area contributed by atoms with Crippen LogP contribution in [0.4, 0.5) is 0 Å². The van der Waals surface area contributed by atoms with E-state index in [0.717, 1.165) is 10.4 Å². The Hall–Kier alpha value is -1.01. The molecule has 0 nitrogen and oxygen atoms in total. The van der Waals surface area contributed by atoms with E-state index in [-0.39, 0.29) is 0 Å². The molecule has 0 aromatic heterocycles. The first-order valence-corrected chi connectivity index (χ1v) is 6.89. The molecule has 0 bridgehead atoms. The molecule has 0 radical (unpaired) electrons. The summed E-state index contributed by atoms with van der Waals surface area (Å²) in [6, 6.07) is 14.0. The molecule has 0 atom stereocenters. The minimum Gasteiger partial charge on any atom is -0.0837 e. The van der Waals surface area contributed by atoms with Crippen LogP contribution in [0.2, 0.25) is 5.02 Å². The van der Waals surface area contributed by atoms with Crippen LogP contribution in [0.15, 0.2) is 42.5 Å². The molecular weight excluding hydrogens is 228 g/mol. The molecule has 0 saturated heterocycles. The standard InChI is InChI=1S/C10H7Cl.3C2H6/c11-10-7-3-5-8-4-1-2-6-9(8)10;3*1-2/h1-7H;3*1-2H3. The zero-order valence-corrected chi connectivity index (χ0v) is 12.7. The molecule has 1 heteroatoms. The van der Waals surface area contributed by atoms with E-state index in [0.29, 0.717) is 0 Å². The van der Waals surface area contributed by atoms with Gasteiger partial charge >= 0.3 is 0 Å². The van der Waals surface area contributed by atoms with Crippen LogP contribution in [-0.4, -0.2) is 0 Å². The molecule has 0 amide bonds. The Balaban J connectivity index is 0. The van der Waals surface area contributed by atoms with Crippen molar-refractivity contribution < 1.29 is 0 Å². The van der Waals surface area contributed by atoms with Crippen LogP contribution in [0.3, 0.4) is 0 Å². The highest BCUT2D eigenvalue weighted by atomic mass is 35.5. The molecule has 0 unspecified atom stereocenters. The zero-order valence-electron chi connectivity index (χ0n) is 11.9. The maximum absolute atomic E-state index is 5.96. The molecule has 0 N–H and O–H groups in total. The molecule has 0 spiro atoms. The largest absolute Gasteiger partial charge is 0.0837 e. The lowest BCUT2D eigenvalue weighted by atomic mass is 10.1. The van der Waals surface area contributed by atoms with Gasteiger partial charge < -0.3 is 0 Å². The first-order valence-electron chi connectivity index (χ1n) is 6.51. The van der Waals surface area contributed by atoms with Gasteiger partial charge in [-0.2, -0.15) is 0 Å². The third kappa shape index (κ3) is 6.33. The SMILES string of the molecule is CC.CC.CC.Clc1cccc2ccccc12. The van der Waals surface area contributed by atoms with Gasteiger partial charge in [0.05, 0.1) is 0 Å². The van der Waals surface area contributed by atoms with Gasteiger partial charge in [0.15, 0.2) is 0 Å². The van der Waals surface area contributed by atoms with Crippen LogP contribution in [0.25, 0.3) is 10.8 Å². The van der Waals surface area contributed by atoms with Gasteiger partial charge in [-0.3, -0.25) is 0 Å². The summed E-state index contributed by atoms with van der Waals surface area (Å²) in [7, 11) is 0. The van der Waals surface area contributed by atoms with Crippen molar-refractivity contribution in [3.05, 3.63) is 47.5 Å². The fraction of sp³-hybridized carbons (Fsp3) is 0.375. The Kier molecular flexibility index (Phi) is 14.1. The van der Waals surface area contributed by atoms with E-state index < -0.39 is 0 Å². The number of fused-ring (bicyclic) bond motifs is 1. The van der Waals surface area contributed by atoms with Crippen LogP contribution in [0.1, 0.15) is 41.5 Å². The van der Waals surface area contributed by atoms with Crippen molar-refractivity contribution in [3.63, 3.8) is 0 Å². The number of hydrogen-bond acceptors (Lipinski definition) is 0. The van der Waals surface area contributed by atoms with Crippen molar-refractivity contribution in [1.82, 2.24) is 0 Å². The van der Waals surface area contributed by atoms with E-state index in [1.165, 1.54) is 5.39 Å². The van der Waals surface area contributed by atoms with E-state index in [9.17, 15) is 0 Å². The van der Waals surface area contributed by atoms with Gasteiger partial charge in [-0.25, -0.2) is 0 Å². The first kappa shape index (κ1) is 18.4. The van der Waals surface area contributed by atoms with Crippen molar-refractivity contribution in [2.45, 2.75) is 41.5 Å². The molecular formula is C16H25Cl. The highest BCUT2D eigenvalue weighted by Crippen LogP contribution is 2.21. The number of rotatable bonds is 0. The summed E-state index contributed by atoms with van der Waals surface area (Å²) < 4.78 is 0. The van der Waals surface area contributed by atoms with Crippen molar-refractivity contribution in [2.75, 3.05) is 0 Å². The number of hydrogen-bond donors (Lipinski definition) is 0. The molecule has 0 aliphatic heterocycles. The topological polar surface area (TPSA) is 0 Å². The predicted molar refractivity (Wildman–Crippen MR) is 83.0 cm³/mol. The Bertz CT molecular complexity index is 375. The minimum atomic E-state index is 0.822. The second kappa shape index (κ2) is 13.1. The Labute approximate surface area is 112 Å². The van der Waals surface area contributed by atoms with Crippen molar-refractivity contribution >= 4 is 22.4 Å². The van der Waals surface area contributed by atoms with Gasteiger partial charge in [0.25, 0.3) is 0 Å². The molecule has 0 fully saturated rings. The lowest BCUT2D eigenvalue weighted by molar-refractivity contribution is 1.50. The zero-order chi connectivity index (χ0) is 13.7. The lowest BCUT2D eigenvalue weighted by Gasteiger charge is -1.97. The summed E-state index contributed by atoms with van der Waals surface area (Å²) in [6.07, 6.45) is 0. The van der Waals surface area contributed by atoms with Gasteiger partial charge in [0, 0.05) is 10.4 Å². The summed E-state index contributed by atoms with van der Waals surface area (Å²) in [5, 5.41) is 3.14. The average molecular weight is 253 g/mol. The summed E-state index contributed by atoms with van der Waals surface area (Å²) in [5.74, 6) is 0. The van der Waals surface area contributed by atoms with Crippen LogP contribution in [0.5, 0.6) is 0 Å². The van der Waals surface area contributed by atoms with Crippen molar-refractivity contribution in [3.8, 4) is 0 Å². The summed E-state index contributed by atoms with van der Waals surface area (Å²) in [6.45, 7) is 12.0. The maximum Gasteiger partial charge on any atom is 0.0484 e. The molecule has 2 aromatic rings.